The van der Waals surface area contributed by atoms with Gasteiger partial charge in [-0.1, -0.05) is 36.8 Å². The zero-order chi connectivity index (χ0) is 26.6. The molecule has 4 unspecified atom stereocenters. The van der Waals surface area contributed by atoms with Gasteiger partial charge in [0.25, 0.3) is 0 Å². The molecule has 4 atom stereocenters. The summed E-state index contributed by atoms with van der Waals surface area (Å²) in [5.41, 5.74) is 2.16. The standard InChI is InChI=1S/C29H44O6/c1-8-29(6,35-26-15-14-24(30)18-23(26)19-27(32)34-7)16-10-12-21(4)11-9-13-22(5)28(33)25(31)17-20(2)3/h8,12,14-15,17-18,22,25,28,30-31,33H,1,9-11,13,16,19H2,2-7H3/b21-12+. The summed E-state index contributed by atoms with van der Waals surface area (Å²) < 4.78 is 11.0. The minimum atomic E-state index is -0.829. The van der Waals surface area contributed by atoms with Crippen LogP contribution in [-0.4, -0.2) is 46.2 Å². The molecule has 0 saturated heterocycles. The molecular weight excluding hydrogens is 444 g/mol. The highest BCUT2D eigenvalue weighted by molar-refractivity contribution is 5.73. The molecule has 1 aromatic rings. The highest BCUT2D eigenvalue weighted by Crippen LogP contribution is 2.30. The number of aliphatic hydroxyl groups is 2. The summed E-state index contributed by atoms with van der Waals surface area (Å²) in [6.45, 7) is 13.8. The Labute approximate surface area is 211 Å². The van der Waals surface area contributed by atoms with Crippen LogP contribution in [0.2, 0.25) is 0 Å². The van der Waals surface area contributed by atoms with E-state index in [2.05, 4.69) is 19.6 Å². The van der Waals surface area contributed by atoms with Crippen molar-refractivity contribution in [3.63, 3.8) is 0 Å². The van der Waals surface area contributed by atoms with Gasteiger partial charge in [-0.15, -0.1) is 0 Å². The lowest BCUT2D eigenvalue weighted by Gasteiger charge is -2.28. The van der Waals surface area contributed by atoms with E-state index in [1.165, 1.54) is 24.8 Å². The average molecular weight is 489 g/mol. The molecule has 0 heterocycles. The lowest BCUT2D eigenvalue weighted by atomic mass is 9.92. The molecule has 0 amide bonds. The van der Waals surface area contributed by atoms with Gasteiger partial charge in [-0.25, -0.2) is 0 Å². The fourth-order valence-electron chi connectivity index (χ4n) is 3.83. The predicted molar refractivity (Wildman–Crippen MR) is 141 cm³/mol. The summed E-state index contributed by atoms with van der Waals surface area (Å²) >= 11 is 0. The molecule has 196 valence electrons. The Kier molecular flexibility index (Phi) is 12.8. The molecule has 6 nitrogen and oxygen atoms in total. The van der Waals surface area contributed by atoms with Gasteiger partial charge in [-0.3, -0.25) is 4.79 Å². The number of ether oxygens (including phenoxy) is 2. The molecule has 1 rings (SSSR count). The van der Waals surface area contributed by atoms with Crippen molar-refractivity contribution < 1.29 is 29.6 Å². The Bertz CT molecular complexity index is 883. The van der Waals surface area contributed by atoms with Crippen molar-refractivity contribution in [2.75, 3.05) is 7.11 Å². The molecule has 3 N–H and O–H groups in total. The first kappa shape index (κ1) is 30.5. The normalized spacial score (nSPS) is 15.9. The average Bonchev–Trinajstić information content (AvgIpc) is 2.79. The molecule has 0 aromatic heterocycles. The fraction of sp³-hybridized carbons (Fsp3) is 0.552. The second-order valence-electron chi connectivity index (χ2n) is 9.85. The molecule has 0 fully saturated rings. The summed E-state index contributed by atoms with van der Waals surface area (Å²) in [5, 5.41) is 30.2. The highest BCUT2D eigenvalue weighted by atomic mass is 16.5. The first-order valence-electron chi connectivity index (χ1n) is 12.3. The number of hydrogen-bond donors (Lipinski definition) is 3. The maximum atomic E-state index is 11.8. The molecule has 1 aromatic carbocycles. The van der Waals surface area contributed by atoms with Gasteiger partial charge >= 0.3 is 5.97 Å². The van der Waals surface area contributed by atoms with Crippen LogP contribution in [0.1, 0.15) is 72.3 Å². The van der Waals surface area contributed by atoms with Crippen LogP contribution in [0.3, 0.4) is 0 Å². The van der Waals surface area contributed by atoms with E-state index in [1.807, 2.05) is 27.7 Å². The van der Waals surface area contributed by atoms with Gasteiger partial charge in [0.1, 0.15) is 17.1 Å². The van der Waals surface area contributed by atoms with Crippen molar-refractivity contribution in [3.8, 4) is 11.5 Å². The summed E-state index contributed by atoms with van der Waals surface area (Å²) in [7, 11) is 1.32. The predicted octanol–water partition coefficient (Wildman–Crippen LogP) is 5.65. The molecule has 0 bridgehead atoms. The van der Waals surface area contributed by atoms with E-state index < -0.39 is 23.8 Å². The second-order valence-corrected chi connectivity index (χ2v) is 9.85. The van der Waals surface area contributed by atoms with Gasteiger partial charge < -0.3 is 24.8 Å². The number of benzene rings is 1. The number of phenolic OH excluding ortho intramolecular Hbond substituents is 1. The smallest absolute Gasteiger partial charge is 0.310 e. The maximum Gasteiger partial charge on any atom is 0.310 e. The molecule has 0 aliphatic carbocycles. The third-order valence-corrected chi connectivity index (χ3v) is 6.18. The minimum absolute atomic E-state index is 0.00491. The number of rotatable bonds is 15. The lowest BCUT2D eigenvalue weighted by Crippen LogP contribution is -2.30. The maximum absolute atomic E-state index is 11.8. The molecule has 0 aliphatic rings. The van der Waals surface area contributed by atoms with Gasteiger partial charge in [-0.05, 0) is 90.0 Å². The summed E-state index contributed by atoms with van der Waals surface area (Å²) in [4.78, 5) is 11.8. The van der Waals surface area contributed by atoms with Gasteiger partial charge in [0.15, 0.2) is 0 Å². The summed E-state index contributed by atoms with van der Waals surface area (Å²) in [5.74, 6) is 0.172. The Balaban J connectivity index is 2.64. The topological polar surface area (TPSA) is 96.2 Å². The van der Waals surface area contributed by atoms with E-state index >= 15 is 0 Å². The van der Waals surface area contributed by atoms with E-state index in [0.29, 0.717) is 17.7 Å². The van der Waals surface area contributed by atoms with Crippen LogP contribution >= 0.6 is 0 Å². The van der Waals surface area contributed by atoms with Crippen molar-refractivity contribution in [1.29, 1.82) is 0 Å². The van der Waals surface area contributed by atoms with Crippen LogP contribution in [0.5, 0.6) is 11.5 Å². The fourth-order valence-corrected chi connectivity index (χ4v) is 3.83. The molecule has 6 heteroatoms. The van der Waals surface area contributed by atoms with Crippen molar-refractivity contribution in [2.45, 2.75) is 91.0 Å². The van der Waals surface area contributed by atoms with Crippen molar-refractivity contribution >= 4 is 5.97 Å². The molecule has 0 aliphatic heterocycles. The van der Waals surface area contributed by atoms with Crippen LogP contribution < -0.4 is 4.74 Å². The zero-order valence-corrected chi connectivity index (χ0v) is 22.2. The van der Waals surface area contributed by atoms with E-state index in [4.69, 9.17) is 9.47 Å². The third kappa shape index (κ3) is 11.1. The number of carbonyl (C=O) groups excluding carboxylic acids is 1. The number of carbonyl (C=O) groups is 1. The number of esters is 1. The van der Waals surface area contributed by atoms with Crippen LogP contribution in [0.25, 0.3) is 0 Å². The van der Waals surface area contributed by atoms with Gasteiger partial charge in [0.2, 0.25) is 0 Å². The van der Waals surface area contributed by atoms with E-state index in [9.17, 15) is 20.1 Å². The first-order chi connectivity index (χ1) is 16.4. The quantitative estimate of drug-likeness (QED) is 0.218. The first-order valence-corrected chi connectivity index (χ1v) is 12.3. The molecule has 0 saturated carbocycles. The van der Waals surface area contributed by atoms with Gasteiger partial charge in [0.05, 0.1) is 25.7 Å². The van der Waals surface area contributed by atoms with Crippen LogP contribution in [-0.2, 0) is 16.0 Å². The van der Waals surface area contributed by atoms with E-state index in [-0.39, 0.29) is 18.1 Å². The number of aliphatic hydroxyl groups excluding tert-OH is 2. The van der Waals surface area contributed by atoms with Crippen LogP contribution in [0.15, 0.2) is 54.2 Å². The van der Waals surface area contributed by atoms with E-state index in [0.717, 1.165) is 31.3 Å². The molecule has 35 heavy (non-hydrogen) atoms. The third-order valence-electron chi connectivity index (χ3n) is 6.18. The van der Waals surface area contributed by atoms with Crippen molar-refractivity contribution in [3.05, 3.63) is 59.7 Å². The van der Waals surface area contributed by atoms with Crippen LogP contribution in [0, 0.1) is 5.92 Å². The number of phenols is 1. The zero-order valence-electron chi connectivity index (χ0n) is 22.2. The summed E-state index contributed by atoms with van der Waals surface area (Å²) in [6.07, 6.45) is 8.22. The number of hydrogen-bond acceptors (Lipinski definition) is 6. The number of aromatic hydroxyl groups is 1. The largest absolute Gasteiger partial charge is 0.508 e. The Morgan fingerprint density at radius 3 is 2.51 bits per heavy atom. The minimum Gasteiger partial charge on any atom is -0.508 e. The Morgan fingerprint density at radius 1 is 1.23 bits per heavy atom. The highest BCUT2D eigenvalue weighted by Gasteiger charge is 2.24. The van der Waals surface area contributed by atoms with Gasteiger partial charge in [0, 0.05) is 5.56 Å². The lowest BCUT2D eigenvalue weighted by molar-refractivity contribution is -0.139. The van der Waals surface area contributed by atoms with Crippen molar-refractivity contribution in [1.82, 2.24) is 0 Å². The summed E-state index contributed by atoms with van der Waals surface area (Å²) in [6, 6.07) is 4.69. The van der Waals surface area contributed by atoms with Gasteiger partial charge in [-0.2, -0.15) is 0 Å². The molecule has 0 spiro atoms. The molecular formula is C29H44O6. The van der Waals surface area contributed by atoms with Crippen molar-refractivity contribution in [2.24, 2.45) is 5.92 Å². The SMILES string of the molecule is C=CC(C)(CC/C=C(\C)CCCC(C)C(O)C(O)C=C(C)C)Oc1ccc(O)cc1CC(=O)OC. The Morgan fingerprint density at radius 2 is 1.91 bits per heavy atom. The van der Waals surface area contributed by atoms with Crippen LogP contribution in [0.4, 0.5) is 0 Å². The Hall–Kier alpha value is -2.57. The molecule has 0 radical (unpaired) electrons. The second kappa shape index (κ2) is 14.7. The monoisotopic (exact) mass is 488 g/mol. The van der Waals surface area contributed by atoms with E-state index in [1.54, 1.807) is 18.2 Å². The number of allylic oxidation sites excluding steroid dienone is 3. The number of methoxy groups -OCH3 is 1.